The molecule has 0 saturated carbocycles. The molecule has 2 aromatic heterocycles. The predicted molar refractivity (Wildman–Crippen MR) is 140 cm³/mol. The van der Waals surface area contributed by atoms with E-state index in [4.69, 9.17) is 20.3 Å². The van der Waals surface area contributed by atoms with Gasteiger partial charge in [-0.25, -0.2) is 14.6 Å². The lowest BCUT2D eigenvalue weighted by Gasteiger charge is -2.24. The molecule has 0 bridgehead atoms. The Labute approximate surface area is 216 Å². The van der Waals surface area contributed by atoms with Crippen LogP contribution >= 0.6 is 0 Å². The Bertz CT molecular complexity index is 1330. The molecule has 3 aromatic rings. The highest BCUT2D eigenvalue weighted by Crippen LogP contribution is 2.29. The minimum Gasteiger partial charge on any atom is -0.497 e. The van der Waals surface area contributed by atoms with Gasteiger partial charge in [-0.15, -0.1) is 0 Å². The van der Waals surface area contributed by atoms with Crippen LogP contribution in [0.4, 0.5) is 5.82 Å². The number of nitrogens with zero attached hydrogens (tertiary/aromatic N) is 6. The van der Waals surface area contributed by atoms with Crippen molar-refractivity contribution in [2.75, 3.05) is 52.7 Å². The Hall–Kier alpha value is -3.84. The number of methoxy groups -OCH3 is 2. The summed E-state index contributed by atoms with van der Waals surface area (Å²) >= 11 is 0. The van der Waals surface area contributed by atoms with Gasteiger partial charge in [0.15, 0.2) is 5.65 Å². The number of anilines is 1. The third-order valence-corrected chi connectivity index (χ3v) is 7.17. The molecule has 2 atom stereocenters. The fourth-order valence-electron chi connectivity index (χ4n) is 5.23. The second-order valence-electron chi connectivity index (χ2n) is 9.74. The van der Waals surface area contributed by atoms with Gasteiger partial charge in [-0.05, 0) is 50.4 Å². The van der Waals surface area contributed by atoms with Crippen molar-refractivity contribution < 1.29 is 14.3 Å². The fourth-order valence-corrected chi connectivity index (χ4v) is 5.23. The molecule has 10 nitrogen and oxygen atoms in total. The molecule has 1 aromatic carbocycles. The number of hydrogen-bond donors (Lipinski definition) is 1. The average molecular weight is 504 g/mol. The molecule has 0 radical (unpaired) electrons. The number of likely N-dealkylation sites (tertiary alicyclic amines) is 2. The van der Waals surface area contributed by atoms with Gasteiger partial charge in [0.25, 0.3) is 0 Å². The first-order chi connectivity index (χ1) is 18.0. The maximum atomic E-state index is 13.2. The Morgan fingerprint density at radius 3 is 2.54 bits per heavy atom. The van der Waals surface area contributed by atoms with Crippen molar-refractivity contribution in [1.29, 1.82) is 0 Å². The number of nitrogens with two attached hydrogens (primary N) is 1. The van der Waals surface area contributed by atoms with Crippen LogP contribution in [0, 0.1) is 17.8 Å². The topological polar surface area (TPSA) is 112 Å². The standard InChI is InChI=1S/C27H33N7O3/c1-18(15-32-9-4-5-10-32)27(35)33-11-8-20(16-33)34-26-24(25(28)29-17-30-26)23(31-34)7-6-19-12-21(36-2)14-22(13-19)37-3/h12-14,17-18,20H,4-5,8-11,15-16H2,1-3H3,(H2,28,29,30)/t18-,20+/m1/s1. The Morgan fingerprint density at radius 2 is 1.84 bits per heavy atom. The quantitative estimate of drug-likeness (QED) is 0.510. The summed E-state index contributed by atoms with van der Waals surface area (Å²) in [4.78, 5) is 26.2. The van der Waals surface area contributed by atoms with Crippen LogP contribution < -0.4 is 15.2 Å². The molecule has 10 heteroatoms. The highest BCUT2D eigenvalue weighted by atomic mass is 16.5. The van der Waals surface area contributed by atoms with E-state index >= 15 is 0 Å². The van der Waals surface area contributed by atoms with Crippen molar-refractivity contribution >= 4 is 22.8 Å². The van der Waals surface area contributed by atoms with Gasteiger partial charge in [0.2, 0.25) is 5.91 Å². The molecule has 2 saturated heterocycles. The van der Waals surface area contributed by atoms with Gasteiger partial charge in [-0.1, -0.05) is 12.8 Å². The largest absolute Gasteiger partial charge is 0.497 e. The smallest absolute Gasteiger partial charge is 0.226 e. The molecule has 2 aliphatic heterocycles. The van der Waals surface area contributed by atoms with E-state index in [1.54, 1.807) is 20.3 Å². The Balaban J connectivity index is 1.40. The molecule has 2 N–H and O–H groups in total. The Morgan fingerprint density at radius 1 is 1.11 bits per heavy atom. The summed E-state index contributed by atoms with van der Waals surface area (Å²) in [7, 11) is 3.20. The van der Waals surface area contributed by atoms with Crippen molar-refractivity contribution in [3.63, 3.8) is 0 Å². The van der Waals surface area contributed by atoms with Gasteiger partial charge in [0, 0.05) is 37.2 Å². The number of amides is 1. The van der Waals surface area contributed by atoms with Crippen molar-refractivity contribution in [3.05, 3.63) is 35.8 Å². The van der Waals surface area contributed by atoms with E-state index in [2.05, 4.69) is 26.7 Å². The lowest BCUT2D eigenvalue weighted by Crippen LogP contribution is -2.38. The van der Waals surface area contributed by atoms with Crippen molar-refractivity contribution in [1.82, 2.24) is 29.5 Å². The number of aromatic nitrogens is 4. The van der Waals surface area contributed by atoms with Gasteiger partial charge < -0.3 is 25.0 Å². The molecular weight excluding hydrogens is 470 g/mol. The molecule has 2 fully saturated rings. The second kappa shape index (κ2) is 10.6. The lowest BCUT2D eigenvalue weighted by molar-refractivity contribution is -0.134. The van der Waals surface area contributed by atoms with Crippen LogP contribution in [0.15, 0.2) is 24.5 Å². The first-order valence-corrected chi connectivity index (χ1v) is 12.7. The van der Waals surface area contributed by atoms with Gasteiger partial charge in [-0.3, -0.25) is 4.79 Å². The third-order valence-electron chi connectivity index (χ3n) is 7.17. The number of carbonyl (C=O) groups excluding carboxylic acids is 1. The first-order valence-electron chi connectivity index (χ1n) is 12.7. The summed E-state index contributed by atoms with van der Waals surface area (Å²) in [6.07, 6.45) is 4.68. The van der Waals surface area contributed by atoms with E-state index in [0.717, 1.165) is 31.6 Å². The average Bonchev–Trinajstić information content (AvgIpc) is 3.67. The molecule has 0 spiro atoms. The molecular formula is C27H33N7O3. The van der Waals surface area contributed by atoms with E-state index in [-0.39, 0.29) is 17.9 Å². The van der Waals surface area contributed by atoms with Crippen LogP contribution in [0.2, 0.25) is 0 Å². The van der Waals surface area contributed by atoms with Crippen LogP contribution in [0.5, 0.6) is 11.5 Å². The van der Waals surface area contributed by atoms with E-state index in [1.807, 2.05) is 28.6 Å². The highest BCUT2D eigenvalue weighted by molar-refractivity contribution is 5.90. The van der Waals surface area contributed by atoms with Crippen molar-refractivity contribution in [2.24, 2.45) is 5.92 Å². The van der Waals surface area contributed by atoms with E-state index in [0.29, 0.717) is 47.1 Å². The van der Waals surface area contributed by atoms with Crippen LogP contribution in [0.3, 0.4) is 0 Å². The zero-order valence-corrected chi connectivity index (χ0v) is 21.6. The summed E-state index contributed by atoms with van der Waals surface area (Å²) in [6.45, 7) is 6.32. The van der Waals surface area contributed by atoms with Crippen LogP contribution in [-0.4, -0.2) is 82.4 Å². The maximum absolute atomic E-state index is 13.2. The number of nitrogen functional groups attached to an aromatic ring is 1. The molecule has 4 heterocycles. The minimum atomic E-state index is -0.0227. The fraction of sp³-hybridized carbons (Fsp3) is 0.481. The molecule has 2 aliphatic rings. The zero-order valence-electron chi connectivity index (χ0n) is 21.6. The zero-order chi connectivity index (χ0) is 25.9. The van der Waals surface area contributed by atoms with E-state index in [9.17, 15) is 4.79 Å². The number of hydrogen-bond acceptors (Lipinski definition) is 8. The van der Waals surface area contributed by atoms with E-state index < -0.39 is 0 Å². The summed E-state index contributed by atoms with van der Waals surface area (Å²) < 4.78 is 12.6. The van der Waals surface area contributed by atoms with Crippen LogP contribution in [0.1, 0.15) is 43.5 Å². The first kappa shape index (κ1) is 24.8. The second-order valence-corrected chi connectivity index (χ2v) is 9.74. The molecule has 1 amide bonds. The molecule has 0 unspecified atom stereocenters. The molecule has 37 heavy (non-hydrogen) atoms. The summed E-state index contributed by atoms with van der Waals surface area (Å²) in [5.41, 5.74) is 8.09. The normalized spacial score (nSPS) is 18.6. The van der Waals surface area contributed by atoms with Gasteiger partial charge >= 0.3 is 0 Å². The summed E-state index contributed by atoms with van der Waals surface area (Å²) in [5.74, 6) is 8.09. The van der Waals surface area contributed by atoms with E-state index in [1.165, 1.54) is 19.2 Å². The predicted octanol–water partition coefficient (Wildman–Crippen LogP) is 2.33. The third kappa shape index (κ3) is 5.18. The number of benzene rings is 1. The monoisotopic (exact) mass is 503 g/mol. The van der Waals surface area contributed by atoms with Gasteiger partial charge in [-0.2, -0.15) is 5.10 Å². The van der Waals surface area contributed by atoms with Crippen molar-refractivity contribution in [3.8, 4) is 23.3 Å². The highest BCUT2D eigenvalue weighted by Gasteiger charge is 2.33. The SMILES string of the molecule is COc1cc(C#Cc2nn([C@H]3CCN(C(=O)[C@H](C)CN4CCCC4)C3)c3ncnc(N)c23)cc(OC)c1. The number of rotatable bonds is 6. The molecule has 0 aliphatic carbocycles. The summed E-state index contributed by atoms with van der Waals surface area (Å²) in [6, 6.07) is 5.45. The minimum absolute atomic E-state index is 0.00722. The number of carbonyl (C=O) groups is 1. The van der Waals surface area contributed by atoms with Gasteiger partial charge in [0.1, 0.15) is 29.3 Å². The Kier molecular flexibility index (Phi) is 7.15. The van der Waals surface area contributed by atoms with Crippen LogP contribution in [0.25, 0.3) is 11.0 Å². The van der Waals surface area contributed by atoms with Crippen molar-refractivity contribution in [2.45, 2.75) is 32.2 Å². The van der Waals surface area contributed by atoms with Crippen LogP contribution in [-0.2, 0) is 4.79 Å². The maximum Gasteiger partial charge on any atom is 0.226 e. The number of ether oxygens (including phenoxy) is 2. The lowest BCUT2D eigenvalue weighted by atomic mass is 10.1. The van der Waals surface area contributed by atoms with Gasteiger partial charge in [0.05, 0.1) is 25.6 Å². The molecule has 5 rings (SSSR count). The number of fused-ring (bicyclic) bond motifs is 1. The summed E-state index contributed by atoms with van der Waals surface area (Å²) in [5, 5.41) is 5.43. The molecule has 194 valence electrons.